The Morgan fingerprint density at radius 1 is 1.54 bits per heavy atom. The van der Waals surface area contributed by atoms with E-state index in [4.69, 9.17) is 5.11 Å². The Bertz CT molecular complexity index is 135. The van der Waals surface area contributed by atoms with Gasteiger partial charge >= 0.3 is 0 Å². The molecule has 1 atom stereocenters. The van der Waals surface area contributed by atoms with E-state index in [0.29, 0.717) is 6.54 Å². The fourth-order valence-corrected chi connectivity index (χ4v) is 1.57. The highest BCUT2D eigenvalue weighted by Crippen LogP contribution is 2.25. The van der Waals surface area contributed by atoms with Crippen LogP contribution in [0.15, 0.2) is 0 Å². The van der Waals surface area contributed by atoms with E-state index in [0.717, 1.165) is 25.7 Å². The highest BCUT2D eigenvalue weighted by Gasteiger charge is 2.26. The summed E-state index contributed by atoms with van der Waals surface area (Å²) < 4.78 is 0. The highest BCUT2D eigenvalue weighted by atomic mass is 16.3. The molecule has 0 aromatic rings. The van der Waals surface area contributed by atoms with Gasteiger partial charge in [0.15, 0.2) is 0 Å². The monoisotopic (exact) mass is 186 g/mol. The minimum atomic E-state index is -0.226. The Kier molecular flexibility index (Phi) is 4.70. The maximum Gasteiger partial charge on any atom is 0.0636 e. The largest absolute Gasteiger partial charge is 0.392 e. The van der Waals surface area contributed by atoms with Gasteiger partial charge in [0.25, 0.3) is 0 Å². The van der Waals surface area contributed by atoms with Crippen LogP contribution in [0.1, 0.15) is 26.7 Å². The van der Waals surface area contributed by atoms with Crippen LogP contribution in [0.25, 0.3) is 0 Å². The molecule has 0 spiro atoms. The van der Waals surface area contributed by atoms with Gasteiger partial charge in [-0.15, -0.1) is 0 Å². The summed E-state index contributed by atoms with van der Waals surface area (Å²) in [5, 5.41) is 12.3. The zero-order valence-corrected chi connectivity index (χ0v) is 8.79. The molecule has 0 saturated heterocycles. The lowest BCUT2D eigenvalue weighted by Gasteiger charge is -2.19. The standard InChI is InChI=1S/C10H22N2O/c1-3-12(10-4-5-10)7-6-11-8-9(2)13/h9-11,13H,3-8H2,1-2H3/t9-/m0/s1. The van der Waals surface area contributed by atoms with Crippen molar-refractivity contribution >= 4 is 0 Å². The summed E-state index contributed by atoms with van der Waals surface area (Å²) in [4.78, 5) is 2.51. The number of aliphatic hydroxyl groups excluding tert-OH is 1. The van der Waals surface area contributed by atoms with Crippen LogP contribution in [0.5, 0.6) is 0 Å². The van der Waals surface area contributed by atoms with Gasteiger partial charge in [-0.25, -0.2) is 0 Å². The Hall–Kier alpha value is -0.120. The molecule has 78 valence electrons. The van der Waals surface area contributed by atoms with Gasteiger partial charge in [-0.1, -0.05) is 6.92 Å². The third-order valence-electron chi connectivity index (χ3n) is 2.48. The Labute approximate surface area is 81.1 Å². The lowest BCUT2D eigenvalue weighted by atomic mass is 10.4. The van der Waals surface area contributed by atoms with Gasteiger partial charge in [-0.2, -0.15) is 0 Å². The summed E-state index contributed by atoms with van der Waals surface area (Å²) in [5.74, 6) is 0. The average Bonchev–Trinajstić information content (AvgIpc) is 2.87. The molecule has 1 aliphatic rings. The molecule has 13 heavy (non-hydrogen) atoms. The van der Waals surface area contributed by atoms with Crippen LogP contribution < -0.4 is 5.32 Å². The van der Waals surface area contributed by atoms with E-state index in [1.807, 2.05) is 6.92 Å². The summed E-state index contributed by atoms with van der Waals surface area (Å²) in [5.41, 5.74) is 0. The van der Waals surface area contributed by atoms with E-state index in [2.05, 4.69) is 17.1 Å². The van der Waals surface area contributed by atoms with Crippen molar-refractivity contribution in [2.45, 2.75) is 38.8 Å². The van der Waals surface area contributed by atoms with E-state index in [-0.39, 0.29) is 6.10 Å². The first-order valence-corrected chi connectivity index (χ1v) is 5.37. The third kappa shape index (κ3) is 4.60. The number of likely N-dealkylation sites (N-methyl/N-ethyl adjacent to an activating group) is 1. The molecular formula is C10H22N2O. The van der Waals surface area contributed by atoms with Crippen molar-refractivity contribution in [2.75, 3.05) is 26.2 Å². The molecular weight excluding hydrogens is 164 g/mol. The van der Waals surface area contributed by atoms with Crippen LogP contribution in [-0.4, -0.2) is 48.3 Å². The SMILES string of the molecule is CCN(CCNC[C@H](C)O)C1CC1. The fourth-order valence-electron chi connectivity index (χ4n) is 1.57. The number of hydrogen-bond acceptors (Lipinski definition) is 3. The van der Waals surface area contributed by atoms with Gasteiger partial charge in [0, 0.05) is 25.7 Å². The Morgan fingerprint density at radius 3 is 2.69 bits per heavy atom. The predicted octanol–water partition coefficient (Wildman–Crippen LogP) is 0.441. The van der Waals surface area contributed by atoms with Gasteiger partial charge in [0.05, 0.1) is 6.10 Å². The third-order valence-corrected chi connectivity index (χ3v) is 2.48. The van der Waals surface area contributed by atoms with Gasteiger partial charge in [0.2, 0.25) is 0 Å². The van der Waals surface area contributed by atoms with E-state index in [1.165, 1.54) is 12.8 Å². The topological polar surface area (TPSA) is 35.5 Å². The van der Waals surface area contributed by atoms with E-state index >= 15 is 0 Å². The van der Waals surface area contributed by atoms with E-state index in [1.54, 1.807) is 0 Å². The minimum absolute atomic E-state index is 0.226. The molecule has 1 rings (SSSR count). The second kappa shape index (κ2) is 5.58. The molecule has 1 fully saturated rings. The molecule has 3 heteroatoms. The number of aliphatic hydroxyl groups is 1. The van der Waals surface area contributed by atoms with E-state index < -0.39 is 0 Å². The van der Waals surface area contributed by atoms with Crippen LogP contribution in [0.4, 0.5) is 0 Å². The van der Waals surface area contributed by atoms with Crippen LogP contribution in [0.3, 0.4) is 0 Å². The zero-order chi connectivity index (χ0) is 9.68. The molecule has 0 heterocycles. The van der Waals surface area contributed by atoms with E-state index in [9.17, 15) is 0 Å². The maximum atomic E-state index is 9.02. The van der Waals surface area contributed by atoms with Gasteiger partial charge in [-0.05, 0) is 26.3 Å². The van der Waals surface area contributed by atoms with Crippen molar-refractivity contribution in [2.24, 2.45) is 0 Å². The lowest BCUT2D eigenvalue weighted by Crippen LogP contribution is -2.35. The maximum absolute atomic E-state index is 9.02. The molecule has 0 amide bonds. The van der Waals surface area contributed by atoms with Crippen molar-refractivity contribution < 1.29 is 5.11 Å². The summed E-state index contributed by atoms with van der Waals surface area (Å²) in [6.45, 7) is 8.00. The van der Waals surface area contributed by atoms with Crippen LogP contribution in [-0.2, 0) is 0 Å². The molecule has 0 aromatic heterocycles. The quantitative estimate of drug-likeness (QED) is 0.566. The summed E-state index contributed by atoms with van der Waals surface area (Å²) in [6.07, 6.45) is 2.53. The summed E-state index contributed by atoms with van der Waals surface area (Å²) in [6, 6.07) is 0.860. The normalized spacial score (nSPS) is 19.4. The second-order valence-corrected chi connectivity index (χ2v) is 3.91. The number of nitrogens with one attached hydrogen (secondary N) is 1. The first kappa shape index (κ1) is 11.0. The highest BCUT2D eigenvalue weighted by molar-refractivity contribution is 4.83. The van der Waals surface area contributed by atoms with Crippen LogP contribution >= 0.6 is 0 Å². The molecule has 0 aromatic carbocycles. The predicted molar refractivity (Wildman–Crippen MR) is 54.8 cm³/mol. The lowest BCUT2D eigenvalue weighted by molar-refractivity contribution is 0.187. The molecule has 0 bridgehead atoms. The average molecular weight is 186 g/mol. The van der Waals surface area contributed by atoms with Crippen LogP contribution in [0.2, 0.25) is 0 Å². The first-order valence-electron chi connectivity index (χ1n) is 5.37. The first-order chi connectivity index (χ1) is 6.24. The Balaban J connectivity index is 1.96. The molecule has 0 aliphatic heterocycles. The van der Waals surface area contributed by atoms with Gasteiger partial charge in [0.1, 0.15) is 0 Å². The Morgan fingerprint density at radius 2 is 2.23 bits per heavy atom. The van der Waals surface area contributed by atoms with Crippen LogP contribution in [0, 0.1) is 0 Å². The zero-order valence-electron chi connectivity index (χ0n) is 8.79. The van der Waals surface area contributed by atoms with Crippen molar-refractivity contribution in [3.05, 3.63) is 0 Å². The summed E-state index contributed by atoms with van der Waals surface area (Å²) >= 11 is 0. The second-order valence-electron chi connectivity index (χ2n) is 3.91. The smallest absolute Gasteiger partial charge is 0.0636 e. The summed E-state index contributed by atoms with van der Waals surface area (Å²) in [7, 11) is 0. The molecule has 0 radical (unpaired) electrons. The molecule has 1 saturated carbocycles. The molecule has 0 unspecified atom stereocenters. The number of hydrogen-bond donors (Lipinski definition) is 2. The fraction of sp³-hybridized carbons (Fsp3) is 1.00. The van der Waals surface area contributed by atoms with Gasteiger partial charge in [-0.3, -0.25) is 4.90 Å². The number of nitrogens with zero attached hydrogens (tertiary/aromatic N) is 1. The molecule has 2 N–H and O–H groups in total. The van der Waals surface area contributed by atoms with Crippen molar-refractivity contribution in [1.29, 1.82) is 0 Å². The number of rotatable bonds is 7. The van der Waals surface area contributed by atoms with Crippen molar-refractivity contribution in [1.82, 2.24) is 10.2 Å². The molecule has 3 nitrogen and oxygen atoms in total. The van der Waals surface area contributed by atoms with Crippen molar-refractivity contribution in [3.8, 4) is 0 Å². The van der Waals surface area contributed by atoms with Gasteiger partial charge < -0.3 is 10.4 Å². The van der Waals surface area contributed by atoms with Crippen molar-refractivity contribution in [3.63, 3.8) is 0 Å². The molecule has 1 aliphatic carbocycles. The minimum Gasteiger partial charge on any atom is -0.392 e.